The second-order valence-electron chi connectivity index (χ2n) is 6.77. The molecule has 1 saturated heterocycles. The fourth-order valence-corrected chi connectivity index (χ4v) is 3.25. The molecule has 1 aromatic carbocycles. The van der Waals surface area contributed by atoms with E-state index in [2.05, 4.69) is 5.32 Å². The van der Waals surface area contributed by atoms with Crippen molar-refractivity contribution >= 4 is 17.7 Å². The van der Waals surface area contributed by atoms with Gasteiger partial charge < -0.3 is 10.1 Å². The van der Waals surface area contributed by atoms with Crippen molar-refractivity contribution in [3.8, 4) is 0 Å². The van der Waals surface area contributed by atoms with Crippen molar-refractivity contribution in [2.75, 3.05) is 19.7 Å². The molecule has 3 aliphatic rings. The molecule has 1 N–H and O–H groups in total. The Balaban J connectivity index is 1.50. The Morgan fingerprint density at radius 3 is 2.67 bits per heavy atom. The number of nitrogens with zero attached hydrogens (tertiary/aromatic N) is 1. The predicted molar refractivity (Wildman–Crippen MR) is 85.8 cm³/mol. The van der Waals surface area contributed by atoms with Gasteiger partial charge in [-0.3, -0.25) is 19.3 Å². The summed E-state index contributed by atoms with van der Waals surface area (Å²) >= 11 is 0. The minimum atomic E-state index is -0.331. The first-order valence-corrected chi connectivity index (χ1v) is 8.53. The van der Waals surface area contributed by atoms with Crippen LogP contribution in [0.1, 0.15) is 56.8 Å². The van der Waals surface area contributed by atoms with E-state index in [9.17, 15) is 14.4 Å². The SMILES string of the molecule is O=C(NCC1CC1)c1ccc2c(c1)C(=O)N(CC1CCCO1)C2=O. The number of carbonyl (C=O) groups is 3. The molecule has 2 aliphatic heterocycles. The molecule has 1 unspecified atom stereocenters. The average Bonchev–Trinajstić information content (AvgIpc) is 3.23. The van der Waals surface area contributed by atoms with Crippen LogP contribution in [0.5, 0.6) is 0 Å². The van der Waals surface area contributed by atoms with Crippen LogP contribution in [-0.2, 0) is 4.74 Å². The van der Waals surface area contributed by atoms with Gasteiger partial charge in [-0.15, -0.1) is 0 Å². The molecule has 1 atom stereocenters. The van der Waals surface area contributed by atoms with Gasteiger partial charge in [0.25, 0.3) is 17.7 Å². The van der Waals surface area contributed by atoms with E-state index in [0.717, 1.165) is 25.7 Å². The summed E-state index contributed by atoms with van der Waals surface area (Å²) in [6, 6.07) is 4.73. The zero-order valence-corrected chi connectivity index (χ0v) is 13.4. The minimum Gasteiger partial charge on any atom is -0.376 e. The highest BCUT2D eigenvalue weighted by atomic mass is 16.5. The second-order valence-corrected chi connectivity index (χ2v) is 6.77. The largest absolute Gasteiger partial charge is 0.376 e. The van der Waals surface area contributed by atoms with E-state index >= 15 is 0 Å². The van der Waals surface area contributed by atoms with Gasteiger partial charge in [0, 0.05) is 18.7 Å². The molecule has 1 aromatic rings. The highest BCUT2D eigenvalue weighted by Crippen LogP contribution is 2.28. The average molecular weight is 328 g/mol. The molecule has 2 heterocycles. The third kappa shape index (κ3) is 2.82. The molecular weight excluding hydrogens is 308 g/mol. The standard InChI is InChI=1S/C18H20N2O4/c21-16(19-9-11-3-4-11)12-5-6-14-15(8-12)18(23)20(17(14)22)10-13-2-1-7-24-13/h5-6,8,11,13H,1-4,7,9-10H2,(H,19,21). The third-order valence-corrected chi connectivity index (χ3v) is 4.89. The Morgan fingerprint density at radius 1 is 1.17 bits per heavy atom. The summed E-state index contributed by atoms with van der Waals surface area (Å²) in [6.45, 7) is 1.64. The number of fused-ring (bicyclic) bond motifs is 1. The van der Waals surface area contributed by atoms with E-state index in [1.165, 1.54) is 11.0 Å². The lowest BCUT2D eigenvalue weighted by Gasteiger charge is -2.17. The van der Waals surface area contributed by atoms with Crippen molar-refractivity contribution < 1.29 is 19.1 Å². The van der Waals surface area contributed by atoms with Crippen LogP contribution >= 0.6 is 0 Å². The van der Waals surface area contributed by atoms with Crippen molar-refractivity contribution in [1.82, 2.24) is 10.2 Å². The van der Waals surface area contributed by atoms with E-state index in [1.54, 1.807) is 12.1 Å². The number of hydrogen-bond donors (Lipinski definition) is 1. The maximum absolute atomic E-state index is 12.6. The Labute approximate surface area is 140 Å². The van der Waals surface area contributed by atoms with E-state index in [4.69, 9.17) is 4.74 Å². The summed E-state index contributed by atoms with van der Waals surface area (Å²) in [7, 11) is 0. The van der Waals surface area contributed by atoms with Crippen LogP contribution in [0.4, 0.5) is 0 Å². The maximum Gasteiger partial charge on any atom is 0.261 e. The first-order chi connectivity index (χ1) is 11.6. The molecular formula is C18H20N2O4. The molecule has 3 amide bonds. The molecule has 0 spiro atoms. The molecule has 6 heteroatoms. The van der Waals surface area contributed by atoms with Gasteiger partial charge in [-0.05, 0) is 49.8 Å². The molecule has 0 aromatic heterocycles. The lowest BCUT2D eigenvalue weighted by atomic mass is 10.1. The zero-order chi connectivity index (χ0) is 16.7. The van der Waals surface area contributed by atoms with Gasteiger partial charge in [0.15, 0.2) is 0 Å². The summed E-state index contributed by atoms with van der Waals surface area (Å²) in [6.07, 6.45) is 4.07. The quantitative estimate of drug-likeness (QED) is 0.833. The van der Waals surface area contributed by atoms with Gasteiger partial charge in [-0.1, -0.05) is 0 Å². The first-order valence-electron chi connectivity index (χ1n) is 8.53. The monoisotopic (exact) mass is 328 g/mol. The fraction of sp³-hybridized carbons (Fsp3) is 0.500. The molecule has 126 valence electrons. The molecule has 6 nitrogen and oxygen atoms in total. The van der Waals surface area contributed by atoms with Gasteiger partial charge in [0.05, 0.1) is 23.8 Å². The molecule has 2 fully saturated rings. The fourth-order valence-electron chi connectivity index (χ4n) is 3.25. The number of nitrogens with one attached hydrogen (secondary N) is 1. The third-order valence-electron chi connectivity index (χ3n) is 4.89. The smallest absolute Gasteiger partial charge is 0.261 e. The highest BCUT2D eigenvalue weighted by Gasteiger charge is 2.38. The van der Waals surface area contributed by atoms with Crippen molar-refractivity contribution in [2.45, 2.75) is 31.8 Å². The van der Waals surface area contributed by atoms with Crippen LogP contribution in [0.25, 0.3) is 0 Å². The summed E-state index contributed by atoms with van der Waals surface area (Å²) in [4.78, 5) is 38.4. The lowest BCUT2D eigenvalue weighted by molar-refractivity contribution is 0.0475. The molecule has 4 rings (SSSR count). The number of benzene rings is 1. The van der Waals surface area contributed by atoms with Crippen LogP contribution in [0.3, 0.4) is 0 Å². The number of hydrogen-bond acceptors (Lipinski definition) is 4. The van der Waals surface area contributed by atoms with E-state index in [-0.39, 0.29) is 30.4 Å². The highest BCUT2D eigenvalue weighted by molar-refractivity contribution is 6.22. The predicted octanol–water partition coefficient (Wildman–Crippen LogP) is 1.60. The van der Waals surface area contributed by atoms with Crippen molar-refractivity contribution in [3.63, 3.8) is 0 Å². The molecule has 0 bridgehead atoms. The Kier molecular flexibility index (Phi) is 3.84. The van der Waals surface area contributed by atoms with Crippen LogP contribution in [0.2, 0.25) is 0 Å². The van der Waals surface area contributed by atoms with Crippen LogP contribution in [0.15, 0.2) is 18.2 Å². The number of amides is 3. The van der Waals surface area contributed by atoms with Gasteiger partial charge in [-0.25, -0.2) is 0 Å². The normalized spacial score (nSPS) is 22.8. The molecule has 1 aliphatic carbocycles. The zero-order valence-electron chi connectivity index (χ0n) is 13.4. The summed E-state index contributed by atoms with van der Waals surface area (Å²) in [5.41, 5.74) is 1.11. The Bertz CT molecular complexity index is 705. The number of carbonyl (C=O) groups excluding carboxylic acids is 3. The number of imide groups is 1. The van der Waals surface area contributed by atoms with Crippen molar-refractivity contribution in [1.29, 1.82) is 0 Å². The molecule has 1 saturated carbocycles. The van der Waals surface area contributed by atoms with Gasteiger partial charge in [-0.2, -0.15) is 0 Å². The van der Waals surface area contributed by atoms with Gasteiger partial charge >= 0.3 is 0 Å². The van der Waals surface area contributed by atoms with Crippen LogP contribution in [-0.4, -0.2) is 48.4 Å². The van der Waals surface area contributed by atoms with Crippen molar-refractivity contribution in [3.05, 3.63) is 34.9 Å². The van der Waals surface area contributed by atoms with Crippen LogP contribution < -0.4 is 5.32 Å². The summed E-state index contributed by atoms with van der Waals surface area (Å²) < 4.78 is 5.52. The van der Waals surface area contributed by atoms with Gasteiger partial charge in [0.2, 0.25) is 0 Å². The van der Waals surface area contributed by atoms with E-state index in [0.29, 0.717) is 35.8 Å². The topological polar surface area (TPSA) is 75.7 Å². The van der Waals surface area contributed by atoms with Crippen molar-refractivity contribution in [2.24, 2.45) is 5.92 Å². The van der Waals surface area contributed by atoms with Crippen LogP contribution in [0, 0.1) is 5.92 Å². The Morgan fingerprint density at radius 2 is 1.96 bits per heavy atom. The van der Waals surface area contributed by atoms with E-state index in [1.807, 2.05) is 0 Å². The maximum atomic E-state index is 12.6. The molecule has 24 heavy (non-hydrogen) atoms. The minimum absolute atomic E-state index is 0.0754. The molecule has 0 radical (unpaired) electrons. The lowest BCUT2D eigenvalue weighted by Crippen LogP contribution is -2.36. The van der Waals surface area contributed by atoms with Gasteiger partial charge in [0.1, 0.15) is 0 Å². The number of ether oxygens (including phenoxy) is 1. The van der Waals surface area contributed by atoms with E-state index < -0.39 is 0 Å². The first kappa shape index (κ1) is 15.3. The Hall–Kier alpha value is -2.21. The summed E-state index contributed by atoms with van der Waals surface area (Å²) in [5, 5.41) is 2.88. The summed E-state index contributed by atoms with van der Waals surface area (Å²) in [5.74, 6) is -0.228. The second kappa shape index (κ2) is 6.02. The number of rotatable bonds is 5.